The molecule has 1 aromatic rings. The van der Waals surface area contributed by atoms with Gasteiger partial charge in [-0.1, -0.05) is 11.6 Å². The zero-order chi connectivity index (χ0) is 12.8. The molecule has 0 aromatic carbocycles. The first-order chi connectivity index (χ1) is 8.61. The van der Waals surface area contributed by atoms with Crippen molar-refractivity contribution in [2.24, 2.45) is 11.8 Å². The van der Waals surface area contributed by atoms with Crippen LogP contribution in [0.4, 0.5) is 0 Å². The minimum absolute atomic E-state index is 0.0656. The van der Waals surface area contributed by atoms with Crippen molar-refractivity contribution in [2.45, 2.75) is 57.8 Å². The van der Waals surface area contributed by atoms with Gasteiger partial charge in [-0.15, -0.1) is 0 Å². The van der Waals surface area contributed by atoms with Crippen LogP contribution in [-0.4, -0.2) is 15.9 Å². The van der Waals surface area contributed by atoms with Crippen molar-refractivity contribution in [3.8, 4) is 0 Å². The van der Waals surface area contributed by atoms with Gasteiger partial charge in [-0.2, -0.15) is 4.98 Å². The summed E-state index contributed by atoms with van der Waals surface area (Å²) in [6, 6.07) is 0. The van der Waals surface area contributed by atoms with Gasteiger partial charge in [-0.3, -0.25) is 4.79 Å². The first kappa shape index (κ1) is 11.9. The highest BCUT2D eigenvalue weighted by molar-refractivity contribution is 5.78. The number of ketones is 1. The SMILES string of the molecule is CC(=O)C1CCC2(c3nc(C)no3)CCCC1C2. The molecule has 0 spiro atoms. The second-order valence-corrected chi connectivity index (χ2v) is 6.04. The molecule has 2 bridgehead atoms. The molecule has 18 heavy (non-hydrogen) atoms. The maximum Gasteiger partial charge on any atom is 0.232 e. The van der Waals surface area contributed by atoms with Gasteiger partial charge in [0.1, 0.15) is 5.78 Å². The van der Waals surface area contributed by atoms with Crippen LogP contribution in [0.1, 0.15) is 57.2 Å². The van der Waals surface area contributed by atoms with Gasteiger partial charge in [-0.05, 0) is 51.9 Å². The first-order valence-electron chi connectivity index (χ1n) is 6.92. The van der Waals surface area contributed by atoms with Crippen molar-refractivity contribution in [2.75, 3.05) is 0 Å². The molecule has 1 heterocycles. The van der Waals surface area contributed by atoms with Crippen LogP contribution < -0.4 is 0 Å². The summed E-state index contributed by atoms with van der Waals surface area (Å²) in [4.78, 5) is 16.1. The van der Waals surface area contributed by atoms with E-state index in [0.717, 1.165) is 37.4 Å². The van der Waals surface area contributed by atoms with Crippen LogP contribution in [0, 0.1) is 18.8 Å². The van der Waals surface area contributed by atoms with Gasteiger partial charge < -0.3 is 4.52 Å². The van der Waals surface area contributed by atoms with Crippen LogP contribution in [0.25, 0.3) is 0 Å². The molecule has 2 aliphatic carbocycles. The average Bonchev–Trinajstić information content (AvgIpc) is 2.76. The Kier molecular flexibility index (Phi) is 2.76. The average molecular weight is 248 g/mol. The second-order valence-electron chi connectivity index (χ2n) is 6.04. The zero-order valence-corrected chi connectivity index (χ0v) is 11.1. The number of fused-ring (bicyclic) bond motifs is 2. The highest BCUT2D eigenvalue weighted by Gasteiger charge is 2.48. The Morgan fingerprint density at radius 1 is 1.39 bits per heavy atom. The van der Waals surface area contributed by atoms with Crippen LogP contribution in [0.3, 0.4) is 0 Å². The van der Waals surface area contributed by atoms with Crippen LogP contribution in [-0.2, 0) is 10.2 Å². The van der Waals surface area contributed by atoms with Gasteiger partial charge >= 0.3 is 0 Å². The number of hydrogen-bond donors (Lipinski definition) is 0. The van der Waals surface area contributed by atoms with Gasteiger partial charge in [0, 0.05) is 11.3 Å². The smallest absolute Gasteiger partial charge is 0.232 e. The van der Waals surface area contributed by atoms with Crippen LogP contribution in [0.15, 0.2) is 4.52 Å². The minimum atomic E-state index is 0.0656. The van der Waals surface area contributed by atoms with Gasteiger partial charge in [0.05, 0.1) is 0 Å². The number of carbonyl (C=O) groups is 1. The normalized spacial score (nSPS) is 35.4. The molecule has 4 heteroatoms. The fourth-order valence-electron chi connectivity index (χ4n) is 4.00. The van der Waals surface area contributed by atoms with Gasteiger partial charge in [-0.25, -0.2) is 0 Å². The Hall–Kier alpha value is -1.19. The predicted octanol–water partition coefficient (Wildman–Crippen LogP) is 2.81. The number of Topliss-reactive ketones (excluding diaryl/α,β-unsaturated/α-hetero) is 1. The molecule has 0 amide bonds. The van der Waals surface area contributed by atoms with E-state index in [1.165, 1.54) is 12.8 Å². The number of aryl methyl sites for hydroxylation is 1. The van der Waals surface area contributed by atoms with E-state index in [1.54, 1.807) is 6.92 Å². The number of nitrogens with zero attached hydrogens (tertiary/aromatic N) is 2. The third kappa shape index (κ3) is 1.78. The third-order valence-corrected chi connectivity index (χ3v) is 4.89. The topological polar surface area (TPSA) is 56.0 Å². The van der Waals surface area contributed by atoms with E-state index in [1.807, 2.05) is 6.92 Å². The molecule has 3 unspecified atom stereocenters. The lowest BCUT2D eigenvalue weighted by Crippen LogP contribution is -2.42. The molecular weight excluding hydrogens is 228 g/mol. The lowest BCUT2D eigenvalue weighted by Gasteiger charge is -2.46. The number of carbonyl (C=O) groups excluding carboxylic acids is 1. The Labute approximate surface area is 107 Å². The first-order valence-corrected chi connectivity index (χ1v) is 6.92. The van der Waals surface area contributed by atoms with E-state index in [2.05, 4.69) is 10.1 Å². The quantitative estimate of drug-likeness (QED) is 0.807. The Balaban J connectivity index is 1.89. The van der Waals surface area contributed by atoms with Crippen molar-refractivity contribution in [1.29, 1.82) is 0 Å². The maximum atomic E-state index is 11.7. The minimum Gasteiger partial charge on any atom is -0.339 e. The molecular formula is C14H20N2O2. The van der Waals surface area contributed by atoms with E-state index < -0.39 is 0 Å². The molecule has 3 atom stereocenters. The summed E-state index contributed by atoms with van der Waals surface area (Å²) >= 11 is 0. The Bertz CT molecular complexity index is 468. The molecule has 0 N–H and O–H groups in total. The number of rotatable bonds is 2. The summed E-state index contributed by atoms with van der Waals surface area (Å²) in [6.45, 7) is 3.61. The van der Waals surface area contributed by atoms with Crippen molar-refractivity contribution in [3.63, 3.8) is 0 Å². The summed E-state index contributed by atoms with van der Waals surface area (Å²) in [7, 11) is 0. The fraction of sp³-hybridized carbons (Fsp3) is 0.786. The zero-order valence-electron chi connectivity index (χ0n) is 11.1. The summed E-state index contributed by atoms with van der Waals surface area (Å²) in [5.74, 6) is 2.68. The van der Waals surface area contributed by atoms with Crippen molar-refractivity contribution in [1.82, 2.24) is 10.1 Å². The van der Waals surface area contributed by atoms with Crippen LogP contribution in [0.2, 0.25) is 0 Å². The third-order valence-electron chi connectivity index (χ3n) is 4.89. The Morgan fingerprint density at radius 2 is 2.22 bits per heavy atom. The molecule has 2 saturated carbocycles. The summed E-state index contributed by atoms with van der Waals surface area (Å²) in [5, 5.41) is 3.94. The molecule has 2 fully saturated rings. The lowest BCUT2D eigenvalue weighted by atomic mass is 9.58. The fourth-order valence-corrected chi connectivity index (χ4v) is 4.00. The van der Waals surface area contributed by atoms with Crippen molar-refractivity contribution >= 4 is 5.78 Å². The lowest BCUT2D eigenvalue weighted by molar-refractivity contribution is -0.125. The van der Waals surface area contributed by atoms with Gasteiger partial charge in [0.25, 0.3) is 0 Å². The molecule has 4 nitrogen and oxygen atoms in total. The molecule has 98 valence electrons. The van der Waals surface area contributed by atoms with Crippen LogP contribution >= 0.6 is 0 Å². The molecule has 2 aliphatic rings. The summed E-state index contributed by atoms with van der Waals surface area (Å²) in [5.41, 5.74) is 0.0656. The van der Waals surface area contributed by atoms with Crippen molar-refractivity contribution in [3.05, 3.63) is 11.7 Å². The number of hydrogen-bond acceptors (Lipinski definition) is 4. The Morgan fingerprint density at radius 3 is 2.89 bits per heavy atom. The standard InChI is InChI=1S/C14H20N2O2/c1-9(17)12-5-7-14(6-3-4-11(12)8-14)13-15-10(2)16-18-13/h11-12H,3-8H2,1-2H3. The molecule has 0 aliphatic heterocycles. The largest absolute Gasteiger partial charge is 0.339 e. The summed E-state index contributed by atoms with van der Waals surface area (Å²) in [6.07, 6.45) is 6.56. The molecule has 0 radical (unpaired) electrons. The highest BCUT2D eigenvalue weighted by Crippen LogP contribution is 2.52. The van der Waals surface area contributed by atoms with Crippen LogP contribution in [0.5, 0.6) is 0 Å². The van der Waals surface area contributed by atoms with E-state index in [0.29, 0.717) is 11.7 Å². The molecule has 0 saturated heterocycles. The molecule has 1 aromatic heterocycles. The monoisotopic (exact) mass is 248 g/mol. The second kappa shape index (κ2) is 4.18. The number of aromatic nitrogens is 2. The van der Waals surface area contributed by atoms with Gasteiger partial charge in [0.15, 0.2) is 5.82 Å². The van der Waals surface area contributed by atoms with Crippen molar-refractivity contribution < 1.29 is 9.32 Å². The van der Waals surface area contributed by atoms with Gasteiger partial charge in [0.2, 0.25) is 5.89 Å². The van der Waals surface area contributed by atoms with E-state index >= 15 is 0 Å². The highest BCUT2D eigenvalue weighted by atomic mass is 16.5. The van der Waals surface area contributed by atoms with E-state index in [4.69, 9.17) is 4.52 Å². The maximum absolute atomic E-state index is 11.7. The van der Waals surface area contributed by atoms with E-state index in [-0.39, 0.29) is 11.3 Å². The van der Waals surface area contributed by atoms with E-state index in [9.17, 15) is 4.79 Å². The predicted molar refractivity (Wildman–Crippen MR) is 66.1 cm³/mol. The summed E-state index contributed by atoms with van der Waals surface area (Å²) < 4.78 is 5.43. The molecule has 3 rings (SSSR count).